The maximum atomic E-state index is 11.7. The van der Waals surface area contributed by atoms with E-state index in [1.807, 2.05) is 0 Å². The normalized spacial score (nSPS) is 11.4. The first kappa shape index (κ1) is 17.9. The van der Waals surface area contributed by atoms with Gasteiger partial charge in [0, 0.05) is 6.07 Å². The molecule has 0 radical (unpaired) electrons. The number of rotatable bonds is 7. The van der Waals surface area contributed by atoms with Gasteiger partial charge in [-0.2, -0.15) is 0 Å². The smallest absolute Gasteiger partial charge is 0.307 e. The Labute approximate surface area is 142 Å². The zero-order valence-electron chi connectivity index (χ0n) is 13.2. The number of nitrogens with one attached hydrogen (secondary N) is 1. The van der Waals surface area contributed by atoms with E-state index in [9.17, 15) is 25.0 Å². The molecule has 2 rings (SSSR count). The monoisotopic (exact) mass is 345 g/mol. The lowest BCUT2D eigenvalue weighted by molar-refractivity contribution is -0.393. The van der Waals surface area contributed by atoms with Crippen molar-refractivity contribution in [3.8, 4) is 0 Å². The molecule has 0 saturated heterocycles. The van der Waals surface area contributed by atoms with E-state index >= 15 is 0 Å². The zero-order chi connectivity index (χ0) is 18.4. The number of nitro benzene ring substituents is 2. The molecule has 0 saturated carbocycles. The van der Waals surface area contributed by atoms with Crippen molar-refractivity contribution in [3.63, 3.8) is 0 Å². The number of nitrogens with zero attached hydrogens (tertiary/aromatic N) is 2. The summed E-state index contributed by atoms with van der Waals surface area (Å²) in [4.78, 5) is 32.3. The highest BCUT2D eigenvalue weighted by molar-refractivity contribution is 5.72. The molecule has 9 heteroatoms. The Balaban J connectivity index is 2.39. The van der Waals surface area contributed by atoms with E-state index in [0.29, 0.717) is 0 Å². The van der Waals surface area contributed by atoms with Crippen LogP contribution in [-0.2, 0) is 9.53 Å². The van der Waals surface area contributed by atoms with Gasteiger partial charge in [0.25, 0.3) is 11.4 Å². The summed E-state index contributed by atoms with van der Waals surface area (Å²) in [7, 11) is 1.25. The topological polar surface area (TPSA) is 125 Å². The fourth-order valence-electron chi connectivity index (χ4n) is 2.28. The Hall–Kier alpha value is -3.49. The molecule has 0 bridgehead atoms. The molecule has 0 heterocycles. The van der Waals surface area contributed by atoms with Gasteiger partial charge in [-0.15, -0.1) is 0 Å². The zero-order valence-corrected chi connectivity index (χ0v) is 13.2. The minimum Gasteiger partial charge on any atom is -0.469 e. The summed E-state index contributed by atoms with van der Waals surface area (Å²) in [6.07, 6.45) is -0.0609. The van der Waals surface area contributed by atoms with Gasteiger partial charge < -0.3 is 10.1 Å². The summed E-state index contributed by atoms with van der Waals surface area (Å²) in [5.41, 5.74) is -0.0321. The SMILES string of the molecule is COC(=O)C[C@@H](Nc1ccc([N+](=O)[O-])cc1[N+](=O)[O-])c1ccccc1. The molecule has 0 aliphatic heterocycles. The van der Waals surface area contributed by atoms with Gasteiger partial charge in [0.1, 0.15) is 5.69 Å². The van der Waals surface area contributed by atoms with Crippen LogP contribution in [0.3, 0.4) is 0 Å². The minimum atomic E-state index is -0.713. The van der Waals surface area contributed by atoms with Gasteiger partial charge in [-0.25, -0.2) is 0 Å². The number of benzene rings is 2. The molecule has 130 valence electrons. The van der Waals surface area contributed by atoms with Crippen molar-refractivity contribution < 1.29 is 19.4 Å². The van der Waals surface area contributed by atoms with E-state index in [0.717, 1.165) is 17.7 Å². The van der Waals surface area contributed by atoms with Gasteiger partial charge >= 0.3 is 5.97 Å². The highest BCUT2D eigenvalue weighted by Crippen LogP contribution is 2.32. The maximum absolute atomic E-state index is 11.7. The number of hydrogen-bond donors (Lipinski definition) is 1. The molecule has 0 aromatic heterocycles. The largest absolute Gasteiger partial charge is 0.469 e. The van der Waals surface area contributed by atoms with Crippen LogP contribution in [0.4, 0.5) is 17.1 Å². The fourth-order valence-corrected chi connectivity index (χ4v) is 2.28. The molecule has 25 heavy (non-hydrogen) atoms. The number of nitro groups is 2. The van der Waals surface area contributed by atoms with Gasteiger partial charge in [-0.05, 0) is 11.6 Å². The Morgan fingerprint density at radius 2 is 1.80 bits per heavy atom. The highest BCUT2D eigenvalue weighted by Gasteiger charge is 2.23. The number of anilines is 1. The maximum Gasteiger partial charge on any atom is 0.307 e. The van der Waals surface area contributed by atoms with Gasteiger partial charge in [0.05, 0.1) is 35.5 Å². The van der Waals surface area contributed by atoms with Crippen molar-refractivity contribution in [1.82, 2.24) is 0 Å². The second-order valence-electron chi connectivity index (χ2n) is 5.10. The minimum absolute atomic E-state index is 0.0609. The summed E-state index contributed by atoms with van der Waals surface area (Å²) < 4.78 is 4.67. The molecule has 0 unspecified atom stereocenters. The molecular weight excluding hydrogens is 330 g/mol. The van der Waals surface area contributed by atoms with Crippen molar-refractivity contribution in [2.75, 3.05) is 12.4 Å². The molecule has 0 fully saturated rings. The first-order valence-electron chi connectivity index (χ1n) is 7.23. The predicted molar refractivity (Wildman–Crippen MR) is 89.2 cm³/mol. The molecule has 0 amide bonds. The molecule has 0 aliphatic carbocycles. The summed E-state index contributed by atoms with van der Waals surface area (Å²) in [5.74, 6) is -0.495. The van der Waals surface area contributed by atoms with E-state index in [2.05, 4.69) is 10.1 Å². The standard InChI is InChI=1S/C16H15N3O6/c1-25-16(20)10-14(11-5-3-2-4-6-11)17-13-8-7-12(18(21)22)9-15(13)19(23)24/h2-9,14,17H,10H2,1H3/t14-/m1/s1. The van der Waals surface area contributed by atoms with E-state index in [-0.39, 0.29) is 17.8 Å². The second-order valence-corrected chi connectivity index (χ2v) is 5.10. The van der Waals surface area contributed by atoms with Crippen LogP contribution < -0.4 is 5.32 Å². The van der Waals surface area contributed by atoms with Crippen LogP contribution in [0.1, 0.15) is 18.0 Å². The van der Waals surface area contributed by atoms with Crippen LogP contribution in [0, 0.1) is 20.2 Å². The Morgan fingerprint density at radius 1 is 1.12 bits per heavy atom. The first-order chi connectivity index (χ1) is 11.9. The van der Waals surface area contributed by atoms with Crippen LogP contribution in [-0.4, -0.2) is 22.9 Å². The third-order valence-corrected chi connectivity index (χ3v) is 3.52. The summed E-state index contributed by atoms with van der Waals surface area (Å²) in [6, 6.07) is 11.6. The number of non-ortho nitro benzene ring substituents is 1. The van der Waals surface area contributed by atoms with Crippen molar-refractivity contribution in [3.05, 3.63) is 74.3 Å². The molecule has 9 nitrogen and oxygen atoms in total. The van der Waals surface area contributed by atoms with Crippen molar-refractivity contribution in [2.24, 2.45) is 0 Å². The van der Waals surface area contributed by atoms with Crippen LogP contribution in [0.25, 0.3) is 0 Å². The summed E-state index contributed by atoms with van der Waals surface area (Å²) >= 11 is 0. The lowest BCUT2D eigenvalue weighted by atomic mass is 10.0. The third-order valence-electron chi connectivity index (χ3n) is 3.52. The van der Waals surface area contributed by atoms with Gasteiger partial charge in [-0.3, -0.25) is 25.0 Å². The van der Waals surface area contributed by atoms with Gasteiger partial charge in [0.15, 0.2) is 0 Å². The number of carbonyl (C=O) groups is 1. The predicted octanol–water partition coefficient (Wildman–Crippen LogP) is 3.22. The van der Waals surface area contributed by atoms with Crippen molar-refractivity contribution >= 4 is 23.0 Å². The Kier molecular flexibility index (Phi) is 5.62. The molecule has 2 aromatic rings. The number of hydrogen-bond acceptors (Lipinski definition) is 7. The molecule has 1 atom stereocenters. The molecule has 0 aliphatic rings. The average molecular weight is 345 g/mol. The molecular formula is C16H15N3O6. The quantitative estimate of drug-likeness (QED) is 0.464. The summed E-state index contributed by atoms with van der Waals surface area (Å²) in [5, 5.41) is 25.0. The first-order valence-corrected chi connectivity index (χ1v) is 7.23. The van der Waals surface area contributed by atoms with Crippen molar-refractivity contribution in [1.29, 1.82) is 0 Å². The lowest BCUT2D eigenvalue weighted by Gasteiger charge is -2.19. The van der Waals surface area contributed by atoms with Gasteiger partial charge in [0.2, 0.25) is 0 Å². The molecule has 1 N–H and O–H groups in total. The summed E-state index contributed by atoms with van der Waals surface area (Å²) in [6.45, 7) is 0. The number of carbonyl (C=O) groups excluding carboxylic acids is 1. The van der Waals surface area contributed by atoms with E-state index in [1.54, 1.807) is 30.3 Å². The Bertz CT molecular complexity index is 794. The van der Waals surface area contributed by atoms with E-state index in [1.165, 1.54) is 13.2 Å². The van der Waals surface area contributed by atoms with Crippen molar-refractivity contribution in [2.45, 2.75) is 12.5 Å². The Morgan fingerprint density at radius 3 is 2.36 bits per heavy atom. The number of ether oxygens (including phenoxy) is 1. The lowest BCUT2D eigenvalue weighted by Crippen LogP contribution is -2.17. The molecule has 2 aromatic carbocycles. The molecule has 0 spiro atoms. The third kappa shape index (κ3) is 4.50. The van der Waals surface area contributed by atoms with Crippen LogP contribution in [0.5, 0.6) is 0 Å². The van der Waals surface area contributed by atoms with E-state index < -0.39 is 27.5 Å². The number of esters is 1. The second kappa shape index (κ2) is 7.86. The number of methoxy groups -OCH3 is 1. The van der Waals surface area contributed by atoms with Crippen LogP contribution >= 0.6 is 0 Å². The van der Waals surface area contributed by atoms with E-state index in [4.69, 9.17) is 0 Å². The van der Waals surface area contributed by atoms with Crippen LogP contribution in [0.2, 0.25) is 0 Å². The van der Waals surface area contributed by atoms with Crippen LogP contribution in [0.15, 0.2) is 48.5 Å². The van der Waals surface area contributed by atoms with Gasteiger partial charge in [-0.1, -0.05) is 30.3 Å². The highest BCUT2D eigenvalue weighted by atomic mass is 16.6. The fraction of sp³-hybridized carbons (Fsp3) is 0.188. The average Bonchev–Trinajstić information content (AvgIpc) is 2.61.